The topological polar surface area (TPSA) is 78.9 Å². The lowest BCUT2D eigenvalue weighted by Crippen LogP contribution is -2.30. The number of rotatable bonds is 50. The zero-order valence-electron chi connectivity index (χ0n) is 45.7. The number of allylic oxidation sites excluding steroid dienone is 21. The van der Waals surface area contributed by atoms with Crippen molar-refractivity contribution >= 4 is 17.9 Å². The molecular formula is C65H104O6. The standard InChI is InChI=1S/C65H104O6/c1-4-7-10-13-16-19-22-25-28-30-32-34-37-40-43-46-49-52-55-58-64(67)70-61-62(60-69-63(66)57-54-51-48-45-42-39-36-27-24-21-18-15-12-9-6-3)71-65(68)59-56-53-50-47-44-41-38-35-33-31-29-26-23-20-17-14-11-8-5-2/h9,12,16-21,25-29,32-36,42,45,51,54,62H,4-8,10-11,13-15,22-24,30-31,37-41,43-44,46-50,52-53,55-61H2,1-3H3/b12-9-,19-16-,20-17-,21-18-,28-25-,29-26-,34-32-,35-33-,36-27-,45-42-,54-51-. The van der Waals surface area contributed by atoms with Gasteiger partial charge in [0.05, 0.1) is 6.42 Å². The van der Waals surface area contributed by atoms with Crippen LogP contribution in [0.3, 0.4) is 0 Å². The minimum atomic E-state index is -0.836. The predicted molar refractivity (Wildman–Crippen MR) is 306 cm³/mol. The largest absolute Gasteiger partial charge is 0.462 e. The maximum atomic E-state index is 12.9. The molecular weight excluding hydrogens is 877 g/mol. The molecule has 0 amide bonds. The molecule has 0 N–H and O–H groups in total. The SMILES string of the molecule is CC/C=C\C/C=C\C/C=C\C/C=C\C/C=C\CC(=O)OCC(COC(=O)CCCCCCCC/C=C\C/C=C\C/C=C\CCCCC)OC(=O)CCCCCCCC/C=C\C/C=C\C/C=C\CCCCC. The summed E-state index contributed by atoms with van der Waals surface area (Å²) < 4.78 is 16.7. The number of hydrogen-bond acceptors (Lipinski definition) is 6. The molecule has 6 heteroatoms. The Morgan fingerprint density at radius 3 is 0.986 bits per heavy atom. The van der Waals surface area contributed by atoms with Crippen LogP contribution in [-0.4, -0.2) is 37.2 Å². The zero-order chi connectivity index (χ0) is 51.4. The highest BCUT2D eigenvalue weighted by molar-refractivity contribution is 5.72. The molecule has 6 nitrogen and oxygen atoms in total. The molecule has 0 aromatic rings. The second kappa shape index (κ2) is 58.1. The smallest absolute Gasteiger partial charge is 0.309 e. The van der Waals surface area contributed by atoms with E-state index in [-0.39, 0.29) is 38.0 Å². The Balaban J connectivity index is 4.56. The van der Waals surface area contributed by atoms with E-state index >= 15 is 0 Å². The summed E-state index contributed by atoms with van der Waals surface area (Å²) in [5, 5.41) is 0. The number of hydrogen-bond donors (Lipinski definition) is 0. The molecule has 400 valence electrons. The highest BCUT2D eigenvalue weighted by Gasteiger charge is 2.19. The third-order valence-electron chi connectivity index (χ3n) is 11.6. The Bertz CT molecular complexity index is 1550. The summed E-state index contributed by atoms with van der Waals surface area (Å²) in [6.45, 7) is 6.35. The number of ether oxygens (including phenoxy) is 3. The van der Waals surface area contributed by atoms with Crippen molar-refractivity contribution in [1.29, 1.82) is 0 Å². The van der Waals surface area contributed by atoms with Crippen molar-refractivity contribution < 1.29 is 28.6 Å². The minimum absolute atomic E-state index is 0.116. The summed E-state index contributed by atoms with van der Waals surface area (Å²) in [6, 6.07) is 0. The highest BCUT2D eigenvalue weighted by Crippen LogP contribution is 2.13. The van der Waals surface area contributed by atoms with Crippen LogP contribution in [0.25, 0.3) is 0 Å². The summed E-state index contributed by atoms with van der Waals surface area (Å²) in [6.07, 6.45) is 81.7. The zero-order valence-corrected chi connectivity index (χ0v) is 45.7. The third-order valence-corrected chi connectivity index (χ3v) is 11.6. The van der Waals surface area contributed by atoms with Crippen LogP contribution < -0.4 is 0 Å². The molecule has 0 aliphatic carbocycles. The van der Waals surface area contributed by atoms with Gasteiger partial charge in [0.1, 0.15) is 13.2 Å². The average molecular weight is 982 g/mol. The van der Waals surface area contributed by atoms with Crippen molar-refractivity contribution in [2.24, 2.45) is 0 Å². The lowest BCUT2D eigenvalue weighted by Gasteiger charge is -2.18. The summed E-state index contributed by atoms with van der Waals surface area (Å²) in [5.74, 6) is -1.09. The fraction of sp³-hybridized carbons (Fsp3) is 0.615. The lowest BCUT2D eigenvalue weighted by atomic mass is 10.1. The molecule has 1 atom stereocenters. The fourth-order valence-corrected chi connectivity index (χ4v) is 7.35. The lowest BCUT2D eigenvalue weighted by molar-refractivity contribution is -0.166. The molecule has 0 radical (unpaired) electrons. The molecule has 0 saturated heterocycles. The van der Waals surface area contributed by atoms with Crippen LogP contribution in [0, 0.1) is 0 Å². The molecule has 0 spiro atoms. The van der Waals surface area contributed by atoms with Gasteiger partial charge in [0.15, 0.2) is 6.10 Å². The summed E-state index contributed by atoms with van der Waals surface area (Å²) in [5.41, 5.74) is 0. The van der Waals surface area contributed by atoms with Crippen LogP contribution in [-0.2, 0) is 28.6 Å². The summed E-state index contributed by atoms with van der Waals surface area (Å²) >= 11 is 0. The van der Waals surface area contributed by atoms with Gasteiger partial charge in [-0.25, -0.2) is 0 Å². The van der Waals surface area contributed by atoms with Gasteiger partial charge in [-0.2, -0.15) is 0 Å². The van der Waals surface area contributed by atoms with Crippen molar-refractivity contribution in [2.75, 3.05) is 13.2 Å². The molecule has 0 saturated carbocycles. The van der Waals surface area contributed by atoms with Gasteiger partial charge in [0.25, 0.3) is 0 Å². The van der Waals surface area contributed by atoms with Gasteiger partial charge in [0.2, 0.25) is 0 Å². The first kappa shape index (κ1) is 66.6. The van der Waals surface area contributed by atoms with Gasteiger partial charge >= 0.3 is 17.9 Å². The first-order chi connectivity index (χ1) is 35.0. The fourth-order valence-electron chi connectivity index (χ4n) is 7.35. The van der Waals surface area contributed by atoms with E-state index in [2.05, 4.69) is 142 Å². The molecule has 1 unspecified atom stereocenters. The number of carbonyl (C=O) groups is 3. The molecule has 0 bridgehead atoms. The molecule has 0 aliphatic heterocycles. The minimum Gasteiger partial charge on any atom is -0.462 e. The maximum absolute atomic E-state index is 12.9. The summed E-state index contributed by atoms with van der Waals surface area (Å²) in [7, 11) is 0. The van der Waals surface area contributed by atoms with E-state index in [9.17, 15) is 14.4 Å². The number of unbranched alkanes of at least 4 members (excludes halogenated alkanes) is 18. The van der Waals surface area contributed by atoms with Crippen LogP contribution in [0.15, 0.2) is 134 Å². The monoisotopic (exact) mass is 981 g/mol. The van der Waals surface area contributed by atoms with Gasteiger partial charge in [-0.15, -0.1) is 0 Å². The Hall–Kier alpha value is -4.45. The van der Waals surface area contributed by atoms with Gasteiger partial charge in [-0.3, -0.25) is 14.4 Å². The molecule has 0 aromatic heterocycles. The quantitative estimate of drug-likeness (QED) is 0.0262. The van der Waals surface area contributed by atoms with Crippen molar-refractivity contribution in [3.63, 3.8) is 0 Å². The molecule has 0 fully saturated rings. The van der Waals surface area contributed by atoms with Crippen LogP contribution in [0.5, 0.6) is 0 Å². The highest BCUT2D eigenvalue weighted by atomic mass is 16.6. The van der Waals surface area contributed by atoms with Crippen molar-refractivity contribution in [3.8, 4) is 0 Å². The van der Waals surface area contributed by atoms with Gasteiger partial charge in [-0.1, -0.05) is 231 Å². The molecule has 0 aliphatic rings. The number of esters is 3. The predicted octanol–water partition coefficient (Wildman–Crippen LogP) is 19.4. The van der Waals surface area contributed by atoms with Crippen molar-refractivity contribution in [2.45, 2.75) is 245 Å². The molecule has 0 rings (SSSR count). The van der Waals surface area contributed by atoms with E-state index in [0.29, 0.717) is 6.42 Å². The van der Waals surface area contributed by atoms with E-state index in [1.54, 1.807) is 6.08 Å². The summed E-state index contributed by atoms with van der Waals surface area (Å²) in [4.78, 5) is 38.1. The second-order valence-corrected chi connectivity index (χ2v) is 18.5. The molecule has 0 heterocycles. The van der Waals surface area contributed by atoms with E-state index in [4.69, 9.17) is 14.2 Å². The second-order valence-electron chi connectivity index (χ2n) is 18.5. The number of carbonyl (C=O) groups excluding carboxylic acids is 3. The Morgan fingerprint density at radius 1 is 0.310 bits per heavy atom. The molecule has 0 aromatic carbocycles. The van der Waals surface area contributed by atoms with Gasteiger partial charge < -0.3 is 14.2 Å². The van der Waals surface area contributed by atoms with Crippen LogP contribution in [0.1, 0.15) is 239 Å². The Labute approximate surface area is 436 Å². The van der Waals surface area contributed by atoms with Crippen LogP contribution in [0.2, 0.25) is 0 Å². The average Bonchev–Trinajstić information content (AvgIpc) is 3.37. The van der Waals surface area contributed by atoms with Crippen LogP contribution in [0.4, 0.5) is 0 Å². The van der Waals surface area contributed by atoms with E-state index in [0.717, 1.165) is 122 Å². The Kier molecular flexibility index (Phi) is 54.5. The van der Waals surface area contributed by atoms with Crippen molar-refractivity contribution in [3.05, 3.63) is 134 Å². The maximum Gasteiger partial charge on any atom is 0.309 e. The van der Waals surface area contributed by atoms with Gasteiger partial charge in [0, 0.05) is 12.8 Å². The first-order valence-electron chi connectivity index (χ1n) is 28.7. The van der Waals surface area contributed by atoms with Crippen LogP contribution >= 0.6 is 0 Å². The first-order valence-corrected chi connectivity index (χ1v) is 28.7. The molecule has 71 heavy (non-hydrogen) atoms. The third kappa shape index (κ3) is 56.3. The van der Waals surface area contributed by atoms with Gasteiger partial charge in [-0.05, 0) is 122 Å². The van der Waals surface area contributed by atoms with E-state index in [1.165, 1.54) is 77.0 Å². The van der Waals surface area contributed by atoms with E-state index in [1.807, 2.05) is 6.08 Å². The van der Waals surface area contributed by atoms with E-state index < -0.39 is 12.1 Å². The van der Waals surface area contributed by atoms with Crippen molar-refractivity contribution in [1.82, 2.24) is 0 Å². The Morgan fingerprint density at radius 2 is 0.606 bits per heavy atom. The normalized spacial score (nSPS) is 13.1.